The van der Waals surface area contributed by atoms with E-state index in [1.165, 1.54) is 0 Å². The Morgan fingerprint density at radius 2 is 1.94 bits per heavy atom. The fourth-order valence-corrected chi connectivity index (χ4v) is 2.16. The molecule has 1 unspecified atom stereocenters. The van der Waals surface area contributed by atoms with Crippen molar-refractivity contribution in [1.82, 2.24) is 9.78 Å². The van der Waals surface area contributed by atoms with Crippen molar-refractivity contribution in [3.63, 3.8) is 0 Å². The van der Waals surface area contributed by atoms with Crippen LogP contribution in [0.1, 0.15) is 23.0 Å². The molecule has 1 aromatic heterocycles. The van der Waals surface area contributed by atoms with Crippen LogP contribution in [0.4, 0.5) is 0 Å². The number of benzene rings is 1. The standard InChI is InChI=1S/C14H19N3O/c1-10-8-11(2)17(16-10)14(9-15)12-4-6-13(18-3)7-5-12/h4-8,14H,9,15H2,1-3H3. The molecular formula is C14H19N3O. The fraction of sp³-hybridized carbons (Fsp3) is 0.357. The Morgan fingerprint density at radius 3 is 2.39 bits per heavy atom. The van der Waals surface area contributed by atoms with Crippen molar-refractivity contribution in [2.24, 2.45) is 5.73 Å². The molecule has 4 heteroatoms. The second-order valence-corrected chi connectivity index (χ2v) is 4.40. The first-order chi connectivity index (χ1) is 8.65. The van der Waals surface area contributed by atoms with Crippen molar-refractivity contribution in [1.29, 1.82) is 0 Å². The molecule has 96 valence electrons. The average Bonchev–Trinajstić information content (AvgIpc) is 2.70. The Morgan fingerprint density at radius 1 is 1.28 bits per heavy atom. The predicted molar refractivity (Wildman–Crippen MR) is 71.9 cm³/mol. The van der Waals surface area contributed by atoms with E-state index < -0.39 is 0 Å². The number of ether oxygens (including phenoxy) is 1. The summed E-state index contributed by atoms with van der Waals surface area (Å²) in [5.74, 6) is 0.850. The average molecular weight is 245 g/mol. The minimum absolute atomic E-state index is 0.0737. The number of aromatic nitrogens is 2. The van der Waals surface area contributed by atoms with Crippen LogP contribution < -0.4 is 10.5 Å². The quantitative estimate of drug-likeness (QED) is 0.897. The van der Waals surface area contributed by atoms with Gasteiger partial charge in [-0.25, -0.2) is 0 Å². The van der Waals surface area contributed by atoms with Gasteiger partial charge >= 0.3 is 0 Å². The summed E-state index contributed by atoms with van der Waals surface area (Å²) in [7, 11) is 1.66. The molecule has 1 heterocycles. The first-order valence-electron chi connectivity index (χ1n) is 6.02. The summed E-state index contributed by atoms with van der Waals surface area (Å²) in [6.07, 6.45) is 0. The SMILES string of the molecule is COc1ccc(C(CN)n2nc(C)cc2C)cc1. The summed E-state index contributed by atoms with van der Waals surface area (Å²) in [5, 5.41) is 4.51. The highest BCUT2D eigenvalue weighted by Gasteiger charge is 2.15. The molecule has 2 aromatic rings. The molecule has 0 saturated heterocycles. The first kappa shape index (κ1) is 12.6. The van der Waals surface area contributed by atoms with Crippen molar-refractivity contribution in [3.05, 3.63) is 47.3 Å². The van der Waals surface area contributed by atoms with Gasteiger partial charge < -0.3 is 10.5 Å². The van der Waals surface area contributed by atoms with E-state index in [9.17, 15) is 0 Å². The van der Waals surface area contributed by atoms with Gasteiger partial charge in [0.1, 0.15) is 5.75 Å². The molecule has 0 aliphatic carbocycles. The van der Waals surface area contributed by atoms with E-state index in [-0.39, 0.29) is 6.04 Å². The van der Waals surface area contributed by atoms with Crippen LogP contribution in [0.25, 0.3) is 0 Å². The highest BCUT2D eigenvalue weighted by molar-refractivity contribution is 5.30. The number of nitrogens with two attached hydrogens (primary N) is 1. The maximum atomic E-state index is 5.89. The van der Waals surface area contributed by atoms with Crippen molar-refractivity contribution in [2.75, 3.05) is 13.7 Å². The van der Waals surface area contributed by atoms with E-state index >= 15 is 0 Å². The van der Waals surface area contributed by atoms with Crippen LogP contribution >= 0.6 is 0 Å². The molecular weight excluding hydrogens is 226 g/mol. The first-order valence-corrected chi connectivity index (χ1v) is 6.02. The van der Waals surface area contributed by atoms with Crippen molar-refractivity contribution >= 4 is 0 Å². The molecule has 0 spiro atoms. The zero-order chi connectivity index (χ0) is 13.1. The normalized spacial score (nSPS) is 12.4. The summed E-state index contributed by atoms with van der Waals surface area (Å²) in [5.41, 5.74) is 9.17. The summed E-state index contributed by atoms with van der Waals surface area (Å²) in [4.78, 5) is 0. The van der Waals surface area contributed by atoms with E-state index in [2.05, 4.69) is 11.2 Å². The number of nitrogens with zero attached hydrogens (tertiary/aromatic N) is 2. The fourth-order valence-electron chi connectivity index (χ4n) is 2.16. The summed E-state index contributed by atoms with van der Waals surface area (Å²) < 4.78 is 7.15. The van der Waals surface area contributed by atoms with Gasteiger partial charge in [0, 0.05) is 12.2 Å². The van der Waals surface area contributed by atoms with Crippen molar-refractivity contribution < 1.29 is 4.74 Å². The van der Waals surface area contributed by atoms with E-state index in [0.29, 0.717) is 6.54 Å². The van der Waals surface area contributed by atoms with Gasteiger partial charge in [-0.2, -0.15) is 5.10 Å². The molecule has 0 radical (unpaired) electrons. The minimum atomic E-state index is 0.0737. The van der Waals surface area contributed by atoms with Crippen molar-refractivity contribution in [3.8, 4) is 5.75 Å². The lowest BCUT2D eigenvalue weighted by atomic mass is 10.1. The van der Waals surface area contributed by atoms with E-state index in [1.54, 1.807) is 7.11 Å². The van der Waals surface area contributed by atoms with Crippen LogP contribution in [-0.4, -0.2) is 23.4 Å². The van der Waals surface area contributed by atoms with Gasteiger partial charge in [0.25, 0.3) is 0 Å². The lowest BCUT2D eigenvalue weighted by Gasteiger charge is -2.18. The van der Waals surface area contributed by atoms with Crippen LogP contribution in [0.5, 0.6) is 5.75 Å². The second-order valence-electron chi connectivity index (χ2n) is 4.40. The van der Waals surface area contributed by atoms with Gasteiger partial charge in [0.15, 0.2) is 0 Å². The molecule has 1 atom stereocenters. The molecule has 0 fully saturated rings. The lowest BCUT2D eigenvalue weighted by Crippen LogP contribution is -2.22. The number of rotatable bonds is 4. The minimum Gasteiger partial charge on any atom is -0.497 e. The van der Waals surface area contributed by atoms with E-state index in [0.717, 1.165) is 22.7 Å². The Balaban J connectivity index is 2.35. The molecule has 2 N–H and O–H groups in total. The number of aryl methyl sites for hydroxylation is 2. The highest BCUT2D eigenvalue weighted by atomic mass is 16.5. The maximum absolute atomic E-state index is 5.89. The molecule has 0 bridgehead atoms. The van der Waals surface area contributed by atoms with Gasteiger partial charge in [-0.3, -0.25) is 4.68 Å². The predicted octanol–water partition coefficient (Wildman–Crippen LogP) is 2.06. The Labute approximate surface area is 107 Å². The summed E-state index contributed by atoms with van der Waals surface area (Å²) in [6, 6.07) is 10.1. The van der Waals surface area contributed by atoms with Gasteiger partial charge in [-0.1, -0.05) is 12.1 Å². The molecule has 0 aliphatic heterocycles. The van der Waals surface area contributed by atoms with Crippen molar-refractivity contribution in [2.45, 2.75) is 19.9 Å². The third-order valence-corrected chi connectivity index (χ3v) is 3.06. The van der Waals surface area contributed by atoms with Crippen LogP contribution in [0.15, 0.2) is 30.3 Å². The Kier molecular flexibility index (Phi) is 3.67. The third-order valence-electron chi connectivity index (χ3n) is 3.06. The van der Waals surface area contributed by atoms with Gasteiger partial charge in [0.2, 0.25) is 0 Å². The summed E-state index contributed by atoms with van der Waals surface area (Å²) in [6.45, 7) is 4.56. The van der Waals surface area contributed by atoms with E-state index in [4.69, 9.17) is 10.5 Å². The lowest BCUT2D eigenvalue weighted by molar-refractivity contribution is 0.414. The molecule has 2 rings (SSSR count). The summed E-state index contributed by atoms with van der Waals surface area (Å²) >= 11 is 0. The van der Waals surface area contributed by atoms with Crippen LogP contribution in [0.3, 0.4) is 0 Å². The second kappa shape index (κ2) is 5.23. The number of methoxy groups -OCH3 is 1. The monoisotopic (exact) mass is 245 g/mol. The molecule has 0 saturated carbocycles. The van der Waals surface area contributed by atoms with E-state index in [1.807, 2.05) is 42.8 Å². The smallest absolute Gasteiger partial charge is 0.118 e. The third kappa shape index (κ3) is 2.38. The number of hydrogen-bond acceptors (Lipinski definition) is 3. The molecule has 4 nitrogen and oxygen atoms in total. The van der Waals surface area contributed by atoms with Crippen LogP contribution in [0.2, 0.25) is 0 Å². The Bertz CT molecular complexity index is 516. The molecule has 0 amide bonds. The van der Waals surface area contributed by atoms with Crippen LogP contribution in [-0.2, 0) is 0 Å². The maximum Gasteiger partial charge on any atom is 0.118 e. The molecule has 18 heavy (non-hydrogen) atoms. The topological polar surface area (TPSA) is 53.1 Å². The molecule has 0 aliphatic rings. The van der Waals surface area contributed by atoms with Gasteiger partial charge in [-0.15, -0.1) is 0 Å². The highest BCUT2D eigenvalue weighted by Crippen LogP contribution is 2.21. The van der Waals surface area contributed by atoms with Crippen LogP contribution in [0, 0.1) is 13.8 Å². The zero-order valence-electron chi connectivity index (χ0n) is 11.1. The van der Waals surface area contributed by atoms with Gasteiger partial charge in [0.05, 0.1) is 18.8 Å². The largest absolute Gasteiger partial charge is 0.497 e. The molecule has 1 aromatic carbocycles. The Hall–Kier alpha value is -1.81. The number of hydrogen-bond donors (Lipinski definition) is 1. The zero-order valence-corrected chi connectivity index (χ0v) is 11.1. The van der Waals surface area contributed by atoms with Gasteiger partial charge in [-0.05, 0) is 37.6 Å².